The highest BCUT2D eigenvalue weighted by atomic mass is 35.5. The molecule has 6 heteroatoms. The minimum Gasteiger partial charge on any atom is -0.326 e. The van der Waals surface area contributed by atoms with Crippen LogP contribution in [0.4, 0.5) is 5.69 Å². The second-order valence-electron chi connectivity index (χ2n) is 4.42. The Morgan fingerprint density at radius 2 is 1.80 bits per heavy atom. The van der Waals surface area contributed by atoms with Crippen LogP contribution in [0.5, 0.6) is 0 Å². The van der Waals surface area contributed by atoms with Gasteiger partial charge in [0.2, 0.25) is 0 Å². The zero-order valence-electron chi connectivity index (χ0n) is 10.9. The topological polar surface area (TPSA) is 72.2 Å². The first-order valence-corrected chi connectivity index (χ1v) is 7.86. The first-order chi connectivity index (χ1) is 9.42. The van der Waals surface area contributed by atoms with Gasteiger partial charge in [0.1, 0.15) is 0 Å². The molecule has 0 aliphatic heterocycles. The second kappa shape index (κ2) is 5.83. The molecule has 0 atom stereocenters. The van der Waals surface area contributed by atoms with Gasteiger partial charge in [0.05, 0.1) is 4.90 Å². The maximum absolute atomic E-state index is 12.4. The molecule has 4 nitrogen and oxygen atoms in total. The molecule has 0 aliphatic carbocycles. The van der Waals surface area contributed by atoms with E-state index in [2.05, 4.69) is 4.72 Å². The Labute approximate surface area is 123 Å². The molecule has 2 aromatic carbocycles. The van der Waals surface area contributed by atoms with E-state index in [-0.39, 0.29) is 4.90 Å². The third-order valence-corrected chi connectivity index (χ3v) is 4.65. The second-order valence-corrected chi connectivity index (χ2v) is 6.50. The van der Waals surface area contributed by atoms with Gasteiger partial charge < -0.3 is 5.73 Å². The van der Waals surface area contributed by atoms with E-state index in [0.717, 1.165) is 5.56 Å². The van der Waals surface area contributed by atoms with E-state index in [1.807, 2.05) is 6.07 Å². The number of sulfonamides is 1. The third-order valence-electron chi connectivity index (χ3n) is 2.87. The summed E-state index contributed by atoms with van der Waals surface area (Å²) in [5.41, 5.74) is 7.46. The van der Waals surface area contributed by atoms with Gasteiger partial charge in [0.15, 0.2) is 0 Å². The molecule has 2 aromatic rings. The summed E-state index contributed by atoms with van der Waals surface area (Å²) < 4.78 is 27.3. The van der Waals surface area contributed by atoms with Crippen molar-refractivity contribution in [3.8, 4) is 0 Å². The quantitative estimate of drug-likeness (QED) is 0.912. The predicted molar refractivity (Wildman–Crippen MR) is 81.3 cm³/mol. The Morgan fingerprint density at radius 1 is 1.15 bits per heavy atom. The number of nitrogens with one attached hydrogen (secondary N) is 1. The van der Waals surface area contributed by atoms with Gasteiger partial charge in [-0.3, -0.25) is 4.72 Å². The summed E-state index contributed by atoms with van der Waals surface area (Å²) in [6, 6.07) is 11.6. The summed E-state index contributed by atoms with van der Waals surface area (Å²) >= 11 is 5.77. The molecule has 106 valence electrons. The molecule has 3 N–H and O–H groups in total. The molecule has 0 heterocycles. The molecular formula is C14H15ClN2O2S. The lowest BCUT2D eigenvalue weighted by Crippen LogP contribution is -2.15. The van der Waals surface area contributed by atoms with Crippen LogP contribution < -0.4 is 10.5 Å². The molecule has 20 heavy (non-hydrogen) atoms. The molecule has 0 bridgehead atoms. The van der Waals surface area contributed by atoms with E-state index in [1.165, 1.54) is 0 Å². The fourth-order valence-corrected chi connectivity index (χ4v) is 3.27. The molecule has 0 radical (unpaired) electrons. The third kappa shape index (κ3) is 3.30. The van der Waals surface area contributed by atoms with Crippen LogP contribution in [-0.2, 0) is 16.6 Å². The van der Waals surface area contributed by atoms with Crippen molar-refractivity contribution in [1.82, 2.24) is 0 Å². The molecule has 0 unspecified atom stereocenters. The molecule has 0 aromatic heterocycles. The van der Waals surface area contributed by atoms with Crippen molar-refractivity contribution in [1.29, 1.82) is 0 Å². The van der Waals surface area contributed by atoms with E-state index in [9.17, 15) is 8.42 Å². The predicted octanol–water partition coefficient (Wildman–Crippen LogP) is 2.91. The fraction of sp³-hybridized carbons (Fsp3) is 0.143. The van der Waals surface area contributed by atoms with Crippen LogP contribution in [0, 0.1) is 6.92 Å². The normalized spacial score (nSPS) is 11.3. The Morgan fingerprint density at radius 3 is 2.40 bits per heavy atom. The zero-order chi connectivity index (χ0) is 14.8. The summed E-state index contributed by atoms with van der Waals surface area (Å²) in [7, 11) is -3.64. The van der Waals surface area contributed by atoms with Crippen LogP contribution in [-0.4, -0.2) is 8.42 Å². The SMILES string of the molecule is Cc1ccc(CN)cc1S(=O)(=O)Nc1ccc(Cl)cc1. The highest BCUT2D eigenvalue weighted by Crippen LogP contribution is 2.21. The zero-order valence-corrected chi connectivity index (χ0v) is 12.5. The number of halogens is 1. The number of hydrogen-bond donors (Lipinski definition) is 2. The van der Waals surface area contributed by atoms with Gasteiger partial charge in [-0.05, 0) is 48.4 Å². The van der Waals surface area contributed by atoms with Gasteiger partial charge in [-0.25, -0.2) is 8.42 Å². The summed E-state index contributed by atoms with van der Waals surface area (Å²) in [4.78, 5) is 0.232. The lowest BCUT2D eigenvalue weighted by atomic mass is 10.1. The van der Waals surface area contributed by atoms with E-state index in [0.29, 0.717) is 22.8 Å². The maximum atomic E-state index is 12.4. The average molecular weight is 311 g/mol. The number of anilines is 1. The first kappa shape index (κ1) is 14.8. The van der Waals surface area contributed by atoms with E-state index in [1.54, 1.807) is 43.3 Å². The van der Waals surface area contributed by atoms with E-state index in [4.69, 9.17) is 17.3 Å². The van der Waals surface area contributed by atoms with E-state index < -0.39 is 10.0 Å². The van der Waals surface area contributed by atoms with Gasteiger partial charge >= 0.3 is 0 Å². The number of nitrogens with two attached hydrogens (primary N) is 1. The smallest absolute Gasteiger partial charge is 0.262 e. The Balaban J connectivity index is 2.37. The summed E-state index contributed by atoms with van der Waals surface area (Å²) in [5, 5.41) is 0.550. The summed E-state index contributed by atoms with van der Waals surface area (Å²) in [5.74, 6) is 0. The van der Waals surface area contributed by atoms with Crippen molar-refractivity contribution in [2.45, 2.75) is 18.4 Å². The minimum absolute atomic E-state index is 0.232. The largest absolute Gasteiger partial charge is 0.326 e. The molecule has 0 saturated carbocycles. The molecule has 0 spiro atoms. The molecular weight excluding hydrogens is 296 g/mol. The van der Waals surface area contributed by atoms with Crippen LogP contribution in [0.3, 0.4) is 0 Å². The Hall–Kier alpha value is -1.56. The molecule has 0 amide bonds. The number of rotatable bonds is 4. The fourth-order valence-electron chi connectivity index (χ4n) is 1.79. The highest BCUT2D eigenvalue weighted by molar-refractivity contribution is 7.92. The van der Waals surface area contributed by atoms with Crippen molar-refractivity contribution in [3.63, 3.8) is 0 Å². The Bertz CT molecular complexity index is 712. The summed E-state index contributed by atoms with van der Waals surface area (Å²) in [6.45, 7) is 2.04. The maximum Gasteiger partial charge on any atom is 0.262 e. The van der Waals surface area contributed by atoms with Crippen LogP contribution in [0.25, 0.3) is 0 Å². The minimum atomic E-state index is -3.64. The van der Waals surface area contributed by atoms with Crippen molar-refractivity contribution in [2.24, 2.45) is 5.73 Å². The first-order valence-electron chi connectivity index (χ1n) is 6.00. The molecule has 2 rings (SSSR count). The molecule has 0 aliphatic rings. The van der Waals surface area contributed by atoms with Crippen LogP contribution in [0.15, 0.2) is 47.4 Å². The van der Waals surface area contributed by atoms with Gasteiger partial charge in [0, 0.05) is 17.3 Å². The highest BCUT2D eigenvalue weighted by Gasteiger charge is 2.17. The molecule has 0 fully saturated rings. The van der Waals surface area contributed by atoms with Gasteiger partial charge in [-0.1, -0.05) is 23.7 Å². The van der Waals surface area contributed by atoms with Crippen LogP contribution >= 0.6 is 11.6 Å². The van der Waals surface area contributed by atoms with Crippen molar-refractivity contribution >= 4 is 27.3 Å². The number of aryl methyl sites for hydroxylation is 1. The van der Waals surface area contributed by atoms with Gasteiger partial charge in [-0.15, -0.1) is 0 Å². The average Bonchev–Trinajstić information content (AvgIpc) is 2.41. The van der Waals surface area contributed by atoms with Crippen molar-refractivity contribution in [3.05, 3.63) is 58.6 Å². The number of hydrogen-bond acceptors (Lipinski definition) is 3. The molecule has 0 saturated heterocycles. The number of benzene rings is 2. The standard InChI is InChI=1S/C14H15ClN2O2S/c1-10-2-3-11(9-16)8-14(10)20(18,19)17-13-6-4-12(15)5-7-13/h2-8,17H,9,16H2,1H3. The lowest BCUT2D eigenvalue weighted by Gasteiger charge is -2.11. The monoisotopic (exact) mass is 310 g/mol. The van der Waals surface area contributed by atoms with Crippen LogP contribution in [0.2, 0.25) is 5.02 Å². The van der Waals surface area contributed by atoms with E-state index >= 15 is 0 Å². The van der Waals surface area contributed by atoms with Crippen LogP contribution in [0.1, 0.15) is 11.1 Å². The lowest BCUT2D eigenvalue weighted by molar-refractivity contribution is 0.600. The van der Waals surface area contributed by atoms with Gasteiger partial charge in [-0.2, -0.15) is 0 Å². The summed E-state index contributed by atoms with van der Waals surface area (Å²) in [6.07, 6.45) is 0. The Kier molecular flexibility index (Phi) is 4.32. The van der Waals surface area contributed by atoms with Crippen molar-refractivity contribution in [2.75, 3.05) is 4.72 Å². The van der Waals surface area contributed by atoms with Crippen molar-refractivity contribution < 1.29 is 8.42 Å². The van der Waals surface area contributed by atoms with Gasteiger partial charge in [0.25, 0.3) is 10.0 Å².